The normalized spacial score (nSPS) is 11.1. The largest absolute Gasteiger partial charge is 0.326 e. The molecule has 0 fully saturated rings. The van der Waals surface area contributed by atoms with Gasteiger partial charge in [0.25, 0.3) is 5.56 Å². The average Bonchev–Trinajstić information content (AvgIpc) is 2.67. The van der Waals surface area contributed by atoms with Crippen molar-refractivity contribution in [2.75, 3.05) is 26.0 Å². The van der Waals surface area contributed by atoms with Gasteiger partial charge in [0.05, 0.1) is 0 Å². The molecule has 0 unspecified atom stereocenters. The third-order valence-corrected chi connectivity index (χ3v) is 4.56. The van der Waals surface area contributed by atoms with E-state index in [4.69, 9.17) is 0 Å². The molecule has 1 amide bonds. The number of hydrogen-bond acceptors (Lipinski definition) is 3. The zero-order valence-corrected chi connectivity index (χ0v) is 15.8. The van der Waals surface area contributed by atoms with E-state index in [1.807, 2.05) is 73.6 Å². The van der Waals surface area contributed by atoms with Crippen LogP contribution in [0.1, 0.15) is 12.0 Å². The fourth-order valence-electron chi connectivity index (χ4n) is 3.03. The van der Waals surface area contributed by atoms with Gasteiger partial charge in [0.15, 0.2) is 0 Å². The first-order chi connectivity index (χ1) is 13.0. The number of nitrogens with one attached hydrogen (secondary N) is 1. The number of fused-ring (bicyclic) bond motifs is 1. The van der Waals surface area contributed by atoms with Gasteiger partial charge in [0.2, 0.25) is 5.91 Å². The summed E-state index contributed by atoms with van der Waals surface area (Å²) in [5.41, 5.74) is 1.78. The van der Waals surface area contributed by atoms with Crippen LogP contribution in [0.3, 0.4) is 0 Å². The van der Waals surface area contributed by atoms with Crippen molar-refractivity contribution in [2.24, 2.45) is 0 Å². The van der Waals surface area contributed by atoms with Gasteiger partial charge in [-0.05, 0) is 44.3 Å². The van der Waals surface area contributed by atoms with Crippen LogP contribution in [0.5, 0.6) is 0 Å². The van der Waals surface area contributed by atoms with Crippen molar-refractivity contribution < 1.29 is 4.79 Å². The monoisotopic (exact) mass is 363 g/mol. The number of pyridine rings is 1. The molecule has 1 heterocycles. The number of carbonyl (C=O) groups is 1. The molecule has 5 heteroatoms. The van der Waals surface area contributed by atoms with Gasteiger partial charge in [-0.15, -0.1) is 0 Å². The Balaban J connectivity index is 1.75. The third kappa shape index (κ3) is 4.83. The van der Waals surface area contributed by atoms with Crippen LogP contribution in [0, 0.1) is 0 Å². The van der Waals surface area contributed by atoms with E-state index in [1.165, 1.54) is 0 Å². The summed E-state index contributed by atoms with van der Waals surface area (Å²) in [4.78, 5) is 27.1. The summed E-state index contributed by atoms with van der Waals surface area (Å²) >= 11 is 0. The van der Waals surface area contributed by atoms with Crippen molar-refractivity contribution in [2.45, 2.75) is 19.4 Å². The Labute approximate surface area is 159 Å². The molecule has 5 nitrogen and oxygen atoms in total. The number of likely N-dealkylation sites (N-methyl/N-ethyl adjacent to an activating group) is 1. The number of anilines is 1. The van der Waals surface area contributed by atoms with E-state index in [0.29, 0.717) is 30.5 Å². The lowest BCUT2D eigenvalue weighted by Crippen LogP contribution is -2.26. The average molecular weight is 363 g/mol. The molecular weight excluding hydrogens is 338 g/mol. The second-order valence-electron chi connectivity index (χ2n) is 6.92. The van der Waals surface area contributed by atoms with Crippen LogP contribution in [0.4, 0.5) is 5.69 Å². The maximum absolute atomic E-state index is 12.7. The topological polar surface area (TPSA) is 54.3 Å². The Morgan fingerprint density at radius 1 is 1.00 bits per heavy atom. The number of rotatable bonds is 7. The van der Waals surface area contributed by atoms with Gasteiger partial charge in [0.1, 0.15) is 0 Å². The van der Waals surface area contributed by atoms with Crippen LogP contribution in [-0.4, -0.2) is 36.0 Å². The van der Waals surface area contributed by atoms with Crippen molar-refractivity contribution in [3.8, 4) is 0 Å². The van der Waals surface area contributed by atoms with Crippen molar-refractivity contribution >= 4 is 22.4 Å². The second kappa shape index (κ2) is 8.64. The molecule has 1 aromatic heterocycles. The molecule has 0 aliphatic rings. The number of aromatic nitrogens is 1. The Morgan fingerprint density at radius 3 is 2.52 bits per heavy atom. The zero-order valence-electron chi connectivity index (χ0n) is 15.8. The Bertz CT molecular complexity index is 978. The molecule has 1 N–H and O–H groups in total. The predicted molar refractivity (Wildman–Crippen MR) is 110 cm³/mol. The summed E-state index contributed by atoms with van der Waals surface area (Å²) < 4.78 is 1.71. The Kier molecular flexibility index (Phi) is 6.04. The first-order valence-corrected chi connectivity index (χ1v) is 9.15. The molecule has 0 radical (unpaired) electrons. The minimum absolute atomic E-state index is 0.0327. The van der Waals surface area contributed by atoms with Crippen molar-refractivity contribution in [1.82, 2.24) is 9.47 Å². The molecule has 0 saturated heterocycles. The van der Waals surface area contributed by atoms with E-state index in [0.717, 1.165) is 17.5 Å². The molecular formula is C22H25N3O2. The minimum Gasteiger partial charge on any atom is -0.326 e. The quantitative estimate of drug-likeness (QED) is 0.702. The van der Waals surface area contributed by atoms with Crippen LogP contribution in [0.15, 0.2) is 65.6 Å². The van der Waals surface area contributed by atoms with Gasteiger partial charge in [-0.25, -0.2) is 0 Å². The Hall–Kier alpha value is -2.92. The van der Waals surface area contributed by atoms with E-state index in [2.05, 4.69) is 5.32 Å². The standard InChI is InChI=1S/C22H25N3O2/c1-24(2)15-16-25-14-13-18-19(22(25)27)9-6-10-20(18)23-21(26)12-11-17-7-4-3-5-8-17/h3-10,13-14H,11-12,15-16H2,1-2H3,(H,23,26). The zero-order chi connectivity index (χ0) is 19.2. The van der Waals surface area contributed by atoms with Crippen molar-refractivity contribution in [3.05, 3.63) is 76.7 Å². The van der Waals surface area contributed by atoms with E-state index >= 15 is 0 Å². The fourth-order valence-corrected chi connectivity index (χ4v) is 3.03. The lowest BCUT2D eigenvalue weighted by Gasteiger charge is -2.13. The molecule has 27 heavy (non-hydrogen) atoms. The van der Waals surface area contributed by atoms with E-state index in [9.17, 15) is 9.59 Å². The van der Waals surface area contributed by atoms with Crippen LogP contribution < -0.4 is 10.9 Å². The summed E-state index contributed by atoms with van der Waals surface area (Å²) in [6.07, 6.45) is 2.89. The van der Waals surface area contributed by atoms with Crippen LogP contribution in [-0.2, 0) is 17.8 Å². The van der Waals surface area contributed by atoms with Gasteiger partial charge in [0, 0.05) is 42.2 Å². The molecule has 3 aromatic rings. The maximum Gasteiger partial charge on any atom is 0.258 e. The number of nitrogens with zero attached hydrogens (tertiary/aromatic N) is 2. The molecule has 2 aromatic carbocycles. The lowest BCUT2D eigenvalue weighted by atomic mass is 10.1. The SMILES string of the molecule is CN(C)CCn1ccc2c(NC(=O)CCc3ccccc3)cccc2c1=O. The lowest BCUT2D eigenvalue weighted by molar-refractivity contribution is -0.116. The molecule has 140 valence electrons. The summed E-state index contributed by atoms with van der Waals surface area (Å²) in [5.74, 6) is -0.0526. The van der Waals surface area contributed by atoms with Gasteiger partial charge < -0.3 is 14.8 Å². The van der Waals surface area contributed by atoms with Crippen molar-refractivity contribution in [1.29, 1.82) is 0 Å². The summed E-state index contributed by atoms with van der Waals surface area (Å²) in [7, 11) is 3.96. The van der Waals surface area contributed by atoms with Gasteiger partial charge in [-0.3, -0.25) is 9.59 Å². The first-order valence-electron chi connectivity index (χ1n) is 9.15. The van der Waals surface area contributed by atoms with E-state index < -0.39 is 0 Å². The van der Waals surface area contributed by atoms with E-state index in [-0.39, 0.29) is 11.5 Å². The third-order valence-electron chi connectivity index (χ3n) is 4.56. The predicted octanol–water partition coefficient (Wildman–Crippen LogP) is 3.13. The smallest absolute Gasteiger partial charge is 0.258 e. The first kappa shape index (κ1) is 18.9. The highest BCUT2D eigenvalue weighted by atomic mass is 16.1. The van der Waals surface area contributed by atoms with Crippen LogP contribution in [0.25, 0.3) is 10.8 Å². The molecule has 0 saturated carbocycles. The summed E-state index contributed by atoms with van der Waals surface area (Å²) in [5, 5.41) is 4.35. The van der Waals surface area contributed by atoms with Crippen LogP contribution in [0.2, 0.25) is 0 Å². The highest BCUT2D eigenvalue weighted by Gasteiger charge is 2.09. The molecule has 0 aliphatic heterocycles. The van der Waals surface area contributed by atoms with Crippen molar-refractivity contribution in [3.63, 3.8) is 0 Å². The minimum atomic E-state index is -0.0526. The van der Waals surface area contributed by atoms with E-state index in [1.54, 1.807) is 10.8 Å². The highest BCUT2D eigenvalue weighted by Crippen LogP contribution is 2.21. The molecule has 0 spiro atoms. The summed E-state index contributed by atoms with van der Waals surface area (Å²) in [6, 6.07) is 17.3. The number of hydrogen-bond donors (Lipinski definition) is 1. The van der Waals surface area contributed by atoms with Gasteiger partial charge in [-0.2, -0.15) is 0 Å². The molecule has 0 atom stereocenters. The molecule has 3 rings (SSSR count). The fraction of sp³-hybridized carbons (Fsp3) is 0.273. The number of amides is 1. The van der Waals surface area contributed by atoms with Gasteiger partial charge >= 0.3 is 0 Å². The maximum atomic E-state index is 12.7. The molecule has 0 aliphatic carbocycles. The molecule has 0 bridgehead atoms. The summed E-state index contributed by atoms with van der Waals surface area (Å²) in [6.45, 7) is 1.43. The number of benzene rings is 2. The Morgan fingerprint density at radius 2 is 1.78 bits per heavy atom. The second-order valence-corrected chi connectivity index (χ2v) is 6.92. The van der Waals surface area contributed by atoms with Gasteiger partial charge in [-0.1, -0.05) is 36.4 Å². The van der Waals surface area contributed by atoms with Crippen LogP contribution >= 0.6 is 0 Å². The highest BCUT2D eigenvalue weighted by molar-refractivity contribution is 6.01. The number of carbonyl (C=O) groups excluding carboxylic acids is 1. The number of aryl methyl sites for hydroxylation is 1.